The van der Waals surface area contributed by atoms with Crippen LogP contribution in [0.5, 0.6) is 0 Å². The van der Waals surface area contributed by atoms with Gasteiger partial charge in [0.25, 0.3) is 0 Å². The molecule has 1 unspecified atom stereocenters. The third kappa shape index (κ3) is 4.07. The summed E-state index contributed by atoms with van der Waals surface area (Å²) in [6.07, 6.45) is 3.67. The van der Waals surface area contributed by atoms with E-state index in [9.17, 15) is 4.79 Å². The summed E-state index contributed by atoms with van der Waals surface area (Å²) in [4.78, 5) is 14.5. The minimum Gasteiger partial charge on any atom is -0.469 e. The summed E-state index contributed by atoms with van der Waals surface area (Å²) < 4.78 is 5.00. The molecule has 1 saturated heterocycles. The van der Waals surface area contributed by atoms with Crippen LogP contribution in [0.2, 0.25) is 0 Å². The Morgan fingerprint density at radius 1 is 1.29 bits per heavy atom. The molecule has 0 amide bonds. The summed E-state index contributed by atoms with van der Waals surface area (Å²) in [6.45, 7) is 7.56. The topological polar surface area (TPSA) is 29.5 Å². The zero-order chi connectivity index (χ0) is 15.3. The van der Waals surface area contributed by atoms with Crippen molar-refractivity contribution < 1.29 is 9.53 Å². The van der Waals surface area contributed by atoms with Gasteiger partial charge in [-0.1, -0.05) is 50.6 Å². The molecule has 0 aliphatic carbocycles. The molecule has 0 saturated carbocycles. The van der Waals surface area contributed by atoms with Crippen molar-refractivity contribution in [3.05, 3.63) is 35.9 Å². The van der Waals surface area contributed by atoms with Gasteiger partial charge >= 0.3 is 5.97 Å². The molecule has 1 heterocycles. The van der Waals surface area contributed by atoms with Gasteiger partial charge in [0, 0.05) is 6.54 Å². The quantitative estimate of drug-likeness (QED) is 0.778. The number of likely N-dealkylation sites (tertiary alicyclic amines) is 1. The maximum absolute atomic E-state index is 12.1. The van der Waals surface area contributed by atoms with Crippen LogP contribution in [0.15, 0.2) is 30.3 Å². The summed E-state index contributed by atoms with van der Waals surface area (Å²) in [5.74, 6) is -0.313. The number of benzene rings is 1. The molecule has 1 aromatic rings. The first-order chi connectivity index (χ1) is 10.1. The zero-order valence-electron chi connectivity index (χ0n) is 13.5. The van der Waals surface area contributed by atoms with Gasteiger partial charge in [-0.3, -0.25) is 4.79 Å². The van der Waals surface area contributed by atoms with Crippen molar-refractivity contribution in [1.29, 1.82) is 0 Å². The van der Waals surface area contributed by atoms with Crippen molar-refractivity contribution in [2.24, 2.45) is 5.41 Å². The third-order valence-electron chi connectivity index (χ3n) is 5.05. The molecule has 1 aliphatic rings. The predicted molar refractivity (Wildman–Crippen MR) is 85.3 cm³/mol. The Hall–Kier alpha value is -1.35. The first-order valence-corrected chi connectivity index (χ1v) is 7.93. The molecule has 1 aromatic carbocycles. The maximum Gasteiger partial charge on any atom is 0.314 e. The Morgan fingerprint density at radius 3 is 2.43 bits per heavy atom. The van der Waals surface area contributed by atoms with Crippen molar-refractivity contribution in [3.8, 4) is 0 Å². The number of carbonyl (C=O) groups excluding carboxylic acids is 1. The van der Waals surface area contributed by atoms with E-state index in [0.717, 1.165) is 25.2 Å². The number of methoxy groups -OCH3 is 1. The van der Waals surface area contributed by atoms with E-state index in [0.29, 0.717) is 5.41 Å². The van der Waals surface area contributed by atoms with Crippen molar-refractivity contribution in [1.82, 2.24) is 4.90 Å². The Kier molecular flexibility index (Phi) is 5.40. The van der Waals surface area contributed by atoms with Gasteiger partial charge in [-0.15, -0.1) is 0 Å². The van der Waals surface area contributed by atoms with E-state index in [1.807, 2.05) is 30.3 Å². The molecule has 0 spiro atoms. The van der Waals surface area contributed by atoms with E-state index in [1.54, 1.807) is 0 Å². The fourth-order valence-corrected chi connectivity index (χ4v) is 3.03. The van der Waals surface area contributed by atoms with Crippen LogP contribution < -0.4 is 0 Å². The summed E-state index contributed by atoms with van der Waals surface area (Å²) in [7, 11) is 1.47. The van der Waals surface area contributed by atoms with Gasteiger partial charge in [0.05, 0.1) is 13.0 Å². The second-order valence-electron chi connectivity index (χ2n) is 6.45. The molecule has 0 radical (unpaired) electrons. The number of esters is 1. The second-order valence-corrected chi connectivity index (χ2v) is 6.45. The lowest BCUT2D eigenvalue weighted by Crippen LogP contribution is -2.41. The molecule has 116 valence electrons. The zero-order valence-corrected chi connectivity index (χ0v) is 13.5. The predicted octanol–water partition coefficient (Wildman–Crippen LogP) is 3.46. The van der Waals surface area contributed by atoms with Crippen LogP contribution in [0, 0.1) is 5.41 Å². The smallest absolute Gasteiger partial charge is 0.314 e. The normalized spacial score (nSPS) is 20.0. The molecular weight excluding hydrogens is 262 g/mol. The van der Waals surface area contributed by atoms with E-state index < -0.39 is 0 Å². The molecule has 0 bridgehead atoms. The number of rotatable bonds is 5. The minimum absolute atomic E-state index is 0.134. The van der Waals surface area contributed by atoms with Gasteiger partial charge in [0.2, 0.25) is 0 Å². The summed E-state index contributed by atoms with van der Waals surface area (Å²) >= 11 is 0. The molecule has 3 heteroatoms. The lowest BCUT2D eigenvalue weighted by molar-refractivity contribution is -0.143. The number of hydrogen-bond acceptors (Lipinski definition) is 3. The van der Waals surface area contributed by atoms with Gasteiger partial charge in [-0.2, -0.15) is 0 Å². The van der Waals surface area contributed by atoms with Crippen molar-refractivity contribution >= 4 is 5.97 Å². The first kappa shape index (κ1) is 16.0. The lowest BCUT2D eigenvalue weighted by Gasteiger charge is -2.39. The van der Waals surface area contributed by atoms with E-state index in [-0.39, 0.29) is 11.9 Å². The number of carbonyl (C=O) groups is 1. The van der Waals surface area contributed by atoms with E-state index in [4.69, 9.17) is 4.74 Å². The molecule has 1 aliphatic heterocycles. The van der Waals surface area contributed by atoms with Gasteiger partial charge in [-0.05, 0) is 36.9 Å². The fraction of sp³-hybridized carbons (Fsp3) is 0.611. The molecule has 1 atom stereocenters. The second kappa shape index (κ2) is 7.08. The lowest BCUT2D eigenvalue weighted by atomic mass is 9.78. The van der Waals surface area contributed by atoms with Gasteiger partial charge < -0.3 is 9.64 Å². The molecule has 0 aromatic heterocycles. The Morgan fingerprint density at radius 2 is 1.90 bits per heavy atom. The van der Waals surface area contributed by atoms with E-state index >= 15 is 0 Å². The standard InChI is InChI=1S/C18H27NO2/c1-4-18(2)10-12-19(13-11-18)14-16(17(20)21-3)15-8-6-5-7-9-15/h5-9,16H,4,10-14H2,1-3H3. The van der Waals surface area contributed by atoms with E-state index in [2.05, 4.69) is 18.7 Å². The Bertz CT molecular complexity index is 450. The molecule has 1 fully saturated rings. The Balaban J connectivity index is 2.02. The summed E-state index contributed by atoms with van der Waals surface area (Å²) in [6, 6.07) is 9.97. The van der Waals surface area contributed by atoms with Crippen LogP contribution in [0.3, 0.4) is 0 Å². The summed E-state index contributed by atoms with van der Waals surface area (Å²) in [5.41, 5.74) is 1.53. The van der Waals surface area contributed by atoms with Crippen molar-refractivity contribution in [2.75, 3.05) is 26.7 Å². The summed E-state index contributed by atoms with van der Waals surface area (Å²) in [5, 5.41) is 0. The van der Waals surface area contributed by atoms with Gasteiger partial charge in [-0.25, -0.2) is 0 Å². The highest BCUT2D eigenvalue weighted by Gasteiger charge is 2.31. The number of hydrogen-bond donors (Lipinski definition) is 0. The van der Waals surface area contributed by atoms with Crippen LogP contribution in [0.25, 0.3) is 0 Å². The maximum atomic E-state index is 12.1. The molecule has 3 nitrogen and oxygen atoms in total. The van der Waals surface area contributed by atoms with Crippen molar-refractivity contribution in [3.63, 3.8) is 0 Å². The number of nitrogens with zero attached hydrogens (tertiary/aromatic N) is 1. The SMILES string of the molecule is CCC1(C)CCN(CC(C(=O)OC)c2ccccc2)CC1. The van der Waals surface area contributed by atoms with Gasteiger partial charge in [0.15, 0.2) is 0 Å². The monoisotopic (exact) mass is 289 g/mol. The highest BCUT2D eigenvalue weighted by Crippen LogP contribution is 2.34. The largest absolute Gasteiger partial charge is 0.469 e. The Labute approximate surface area is 128 Å². The fourth-order valence-electron chi connectivity index (χ4n) is 3.03. The minimum atomic E-state index is -0.179. The van der Waals surface area contributed by atoms with E-state index in [1.165, 1.54) is 26.4 Å². The van der Waals surface area contributed by atoms with Crippen LogP contribution in [0.1, 0.15) is 44.6 Å². The third-order valence-corrected chi connectivity index (χ3v) is 5.05. The van der Waals surface area contributed by atoms with Crippen LogP contribution in [-0.4, -0.2) is 37.6 Å². The van der Waals surface area contributed by atoms with Crippen molar-refractivity contribution in [2.45, 2.75) is 39.0 Å². The molecule has 2 rings (SSSR count). The van der Waals surface area contributed by atoms with Crippen LogP contribution in [0.4, 0.5) is 0 Å². The number of piperidine rings is 1. The number of ether oxygens (including phenoxy) is 1. The highest BCUT2D eigenvalue weighted by atomic mass is 16.5. The average molecular weight is 289 g/mol. The van der Waals surface area contributed by atoms with Crippen LogP contribution in [-0.2, 0) is 9.53 Å². The molecule has 21 heavy (non-hydrogen) atoms. The first-order valence-electron chi connectivity index (χ1n) is 7.93. The molecule has 0 N–H and O–H groups in total. The van der Waals surface area contributed by atoms with Crippen LogP contribution >= 0.6 is 0 Å². The van der Waals surface area contributed by atoms with Gasteiger partial charge in [0.1, 0.15) is 0 Å². The molecular formula is C18H27NO2. The average Bonchev–Trinajstić information content (AvgIpc) is 2.54. The highest BCUT2D eigenvalue weighted by molar-refractivity contribution is 5.78.